The van der Waals surface area contributed by atoms with Gasteiger partial charge >= 0.3 is 0 Å². The summed E-state index contributed by atoms with van der Waals surface area (Å²) in [4.78, 5) is 10.9. The van der Waals surface area contributed by atoms with E-state index in [-0.39, 0.29) is 5.78 Å². The summed E-state index contributed by atoms with van der Waals surface area (Å²) in [5.74, 6) is 0.0631. The molecule has 1 aromatic rings. The van der Waals surface area contributed by atoms with Crippen LogP contribution in [0.2, 0.25) is 0 Å². The summed E-state index contributed by atoms with van der Waals surface area (Å²) in [7, 11) is 0. The number of rotatable bonds is 3. The molecule has 0 fully saturated rings. The molecule has 0 amide bonds. The number of hydrogen-bond acceptors (Lipinski definition) is 3. The van der Waals surface area contributed by atoms with Gasteiger partial charge in [-0.25, -0.2) is 0 Å². The van der Waals surface area contributed by atoms with E-state index in [0.29, 0.717) is 5.56 Å². The van der Waals surface area contributed by atoms with Crippen LogP contribution >= 0.6 is 0 Å². The van der Waals surface area contributed by atoms with Crippen LogP contribution in [0.3, 0.4) is 0 Å². The van der Waals surface area contributed by atoms with E-state index in [1.54, 1.807) is 24.3 Å². The van der Waals surface area contributed by atoms with Crippen molar-refractivity contribution in [2.75, 3.05) is 5.43 Å². The van der Waals surface area contributed by atoms with Gasteiger partial charge in [0.05, 0.1) is 5.69 Å². The molecular weight excluding hydrogens is 152 g/mol. The number of nitrogens with one attached hydrogen (secondary N) is 1. The summed E-state index contributed by atoms with van der Waals surface area (Å²) in [5, 5.41) is 3.50. The topological polar surface area (TPSA) is 41.5 Å². The van der Waals surface area contributed by atoms with Crippen LogP contribution in [0.4, 0.5) is 5.69 Å². The van der Waals surface area contributed by atoms with Crippen LogP contribution < -0.4 is 5.43 Å². The van der Waals surface area contributed by atoms with Crippen molar-refractivity contribution in [2.24, 2.45) is 5.10 Å². The van der Waals surface area contributed by atoms with Crippen LogP contribution in [0.15, 0.2) is 29.4 Å². The number of hydrogen-bond donors (Lipinski definition) is 1. The standard InChI is InChI=1S/C9H10N2O/c1-7(12)8-3-5-9(6-4-8)11-10-2/h3-6,11H,2H2,1H3. The second kappa shape index (κ2) is 3.67. The number of Topliss-reactive ketones (excluding diaryl/α,β-unsaturated/α-hetero) is 1. The third-order valence-electron chi connectivity index (χ3n) is 1.50. The van der Waals surface area contributed by atoms with Gasteiger partial charge in [0.25, 0.3) is 0 Å². The van der Waals surface area contributed by atoms with E-state index in [2.05, 4.69) is 17.2 Å². The van der Waals surface area contributed by atoms with Gasteiger partial charge in [-0.2, -0.15) is 5.10 Å². The van der Waals surface area contributed by atoms with E-state index in [1.807, 2.05) is 0 Å². The van der Waals surface area contributed by atoms with Gasteiger partial charge in [0.1, 0.15) is 0 Å². The smallest absolute Gasteiger partial charge is 0.159 e. The van der Waals surface area contributed by atoms with Gasteiger partial charge < -0.3 is 0 Å². The monoisotopic (exact) mass is 162 g/mol. The predicted octanol–water partition coefficient (Wildman–Crippen LogP) is 1.92. The fourth-order valence-corrected chi connectivity index (χ4v) is 0.871. The van der Waals surface area contributed by atoms with Gasteiger partial charge in [-0.15, -0.1) is 0 Å². The van der Waals surface area contributed by atoms with Crippen molar-refractivity contribution < 1.29 is 4.79 Å². The Labute approximate surface area is 71.1 Å². The molecule has 1 aromatic carbocycles. The predicted molar refractivity (Wildman–Crippen MR) is 49.6 cm³/mol. The highest BCUT2D eigenvalue weighted by atomic mass is 16.1. The molecule has 3 heteroatoms. The van der Waals surface area contributed by atoms with Gasteiger partial charge in [-0.3, -0.25) is 10.2 Å². The number of hydrazone groups is 1. The fourth-order valence-electron chi connectivity index (χ4n) is 0.871. The third kappa shape index (κ3) is 1.92. The largest absolute Gasteiger partial charge is 0.295 e. The summed E-state index contributed by atoms with van der Waals surface area (Å²) >= 11 is 0. The zero-order valence-electron chi connectivity index (χ0n) is 6.87. The average molecular weight is 162 g/mol. The molecule has 0 saturated heterocycles. The molecule has 0 unspecified atom stereocenters. The van der Waals surface area contributed by atoms with Crippen LogP contribution in [0.25, 0.3) is 0 Å². The molecule has 1 rings (SSSR count). The van der Waals surface area contributed by atoms with Crippen LogP contribution in [0, 0.1) is 0 Å². The second-order valence-electron chi connectivity index (χ2n) is 2.40. The lowest BCUT2D eigenvalue weighted by molar-refractivity contribution is 0.101. The van der Waals surface area contributed by atoms with Crippen LogP contribution in [0.5, 0.6) is 0 Å². The Kier molecular flexibility index (Phi) is 2.58. The molecule has 0 aromatic heterocycles. The fraction of sp³-hybridized carbons (Fsp3) is 0.111. The highest BCUT2D eigenvalue weighted by Gasteiger charge is 1.96. The van der Waals surface area contributed by atoms with Crippen molar-refractivity contribution in [1.29, 1.82) is 0 Å². The molecule has 0 heterocycles. The molecule has 0 atom stereocenters. The normalized spacial score (nSPS) is 9.08. The van der Waals surface area contributed by atoms with Gasteiger partial charge in [-0.05, 0) is 31.2 Å². The first kappa shape index (κ1) is 8.46. The Morgan fingerprint density at radius 2 is 2.00 bits per heavy atom. The number of carbonyl (C=O) groups excluding carboxylic acids is 1. The second-order valence-corrected chi connectivity index (χ2v) is 2.40. The maximum Gasteiger partial charge on any atom is 0.159 e. The highest BCUT2D eigenvalue weighted by Crippen LogP contribution is 2.09. The van der Waals surface area contributed by atoms with Gasteiger partial charge in [-0.1, -0.05) is 0 Å². The maximum absolute atomic E-state index is 10.9. The highest BCUT2D eigenvalue weighted by molar-refractivity contribution is 5.94. The molecule has 62 valence electrons. The van der Waals surface area contributed by atoms with E-state index in [4.69, 9.17) is 0 Å². The van der Waals surface area contributed by atoms with E-state index < -0.39 is 0 Å². The minimum atomic E-state index is 0.0631. The third-order valence-corrected chi connectivity index (χ3v) is 1.50. The summed E-state index contributed by atoms with van der Waals surface area (Å²) in [6.07, 6.45) is 0. The van der Waals surface area contributed by atoms with E-state index in [9.17, 15) is 4.79 Å². The molecule has 0 aliphatic carbocycles. The summed E-state index contributed by atoms with van der Waals surface area (Å²) in [5.41, 5.74) is 4.20. The van der Waals surface area contributed by atoms with Crippen molar-refractivity contribution in [3.05, 3.63) is 29.8 Å². The molecule has 0 saturated carbocycles. The lowest BCUT2D eigenvalue weighted by Crippen LogP contribution is -1.92. The summed E-state index contributed by atoms with van der Waals surface area (Å²) < 4.78 is 0. The molecule has 0 bridgehead atoms. The van der Waals surface area contributed by atoms with Crippen molar-refractivity contribution in [3.63, 3.8) is 0 Å². The Bertz CT molecular complexity index is 290. The Morgan fingerprint density at radius 1 is 1.42 bits per heavy atom. The average Bonchev–Trinajstić information content (AvgIpc) is 2.06. The van der Waals surface area contributed by atoms with E-state index >= 15 is 0 Å². The number of ketones is 1. The molecule has 3 nitrogen and oxygen atoms in total. The first-order valence-corrected chi connectivity index (χ1v) is 3.57. The Morgan fingerprint density at radius 3 is 2.42 bits per heavy atom. The van der Waals surface area contributed by atoms with Crippen LogP contribution in [0.1, 0.15) is 17.3 Å². The van der Waals surface area contributed by atoms with Crippen LogP contribution in [-0.2, 0) is 0 Å². The molecule has 12 heavy (non-hydrogen) atoms. The van der Waals surface area contributed by atoms with Crippen molar-refractivity contribution in [2.45, 2.75) is 6.92 Å². The number of nitrogens with zero attached hydrogens (tertiary/aromatic N) is 1. The number of anilines is 1. The quantitative estimate of drug-likeness (QED) is 0.419. The first-order chi connectivity index (χ1) is 5.74. The minimum Gasteiger partial charge on any atom is -0.295 e. The molecule has 0 aliphatic heterocycles. The molecule has 0 aliphatic rings. The van der Waals surface area contributed by atoms with Crippen molar-refractivity contribution in [1.82, 2.24) is 0 Å². The van der Waals surface area contributed by atoms with Crippen molar-refractivity contribution in [3.8, 4) is 0 Å². The zero-order chi connectivity index (χ0) is 8.97. The van der Waals surface area contributed by atoms with E-state index in [0.717, 1.165) is 5.69 Å². The first-order valence-electron chi connectivity index (χ1n) is 3.57. The minimum absolute atomic E-state index is 0.0631. The lowest BCUT2D eigenvalue weighted by Gasteiger charge is -1.99. The van der Waals surface area contributed by atoms with E-state index in [1.165, 1.54) is 6.92 Å². The SMILES string of the molecule is C=NNc1ccc(C(C)=O)cc1. The van der Waals surface area contributed by atoms with Gasteiger partial charge in [0.2, 0.25) is 0 Å². The van der Waals surface area contributed by atoms with Gasteiger partial charge in [0, 0.05) is 12.3 Å². The summed E-state index contributed by atoms with van der Waals surface area (Å²) in [6, 6.07) is 7.06. The number of benzene rings is 1. The zero-order valence-corrected chi connectivity index (χ0v) is 6.87. The summed E-state index contributed by atoms with van der Waals surface area (Å²) in [6.45, 7) is 4.82. The van der Waals surface area contributed by atoms with Crippen molar-refractivity contribution >= 4 is 18.2 Å². The maximum atomic E-state index is 10.9. The molecule has 0 spiro atoms. The molecule has 1 N–H and O–H groups in total. The lowest BCUT2D eigenvalue weighted by atomic mass is 10.1. The van der Waals surface area contributed by atoms with Gasteiger partial charge in [0.15, 0.2) is 5.78 Å². The molecular formula is C9H10N2O. The molecule has 0 radical (unpaired) electrons. The Hall–Kier alpha value is -1.64. The Balaban J connectivity index is 2.85. The number of carbonyl (C=O) groups is 1. The van der Waals surface area contributed by atoms with Crippen LogP contribution in [-0.4, -0.2) is 12.5 Å².